The molecule has 0 aliphatic heterocycles. The molecule has 0 aromatic heterocycles. The molecule has 0 aliphatic rings. The van der Waals surface area contributed by atoms with Gasteiger partial charge in [-0.05, 0) is 37.1 Å². The van der Waals surface area contributed by atoms with Gasteiger partial charge in [-0.25, -0.2) is 0 Å². The molecule has 0 amide bonds. The van der Waals surface area contributed by atoms with E-state index in [0.29, 0.717) is 0 Å². The second-order valence-electron chi connectivity index (χ2n) is 4.34. The molecule has 1 rings (SSSR count). The highest BCUT2D eigenvalue weighted by atomic mass is 16.5. The quantitative estimate of drug-likeness (QED) is 0.732. The van der Waals surface area contributed by atoms with Crippen LogP contribution < -0.4 is 10.1 Å². The maximum Gasteiger partial charge on any atom is 0.326 e. The van der Waals surface area contributed by atoms with Crippen molar-refractivity contribution < 1.29 is 14.3 Å². The highest BCUT2D eigenvalue weighted by Gasteiger charge is 2.18. The minimum atomic E-state index is -0.421. The van der Waals surface area contributed by atoms with E-state index in [1.165, 1.54) is 12.7 Å². The molecule has 0 bridgehead atoms. The second-order valence-corrected chi connectivity index (χ2v) is 4.34. The third kappa shape index (κ3) is 5.30. The Morgan fingerprint density at radius 3 is 2.79 bits per heavy atom. The van der Waals surface area contributed by atoms with Crippen molar-refractivity contribution in [3.8, 4) is 5.75 Å². The van der Waals surface area contributed by atoms with E-state index in [-0.39, 0.29) is 12.6 Å². The van der Waals surface area contributed by atoms with Gasteiger partial charge in [0.2, 0.25) is 0 Å². The van der Waals surface area contributed by atoms with Gasteiger partial charge in [0.15, 0.2) is 0 Å². The number of hydrogen-bond donors (Lipinski definition) is 1. The smallest absolute Gasteiger partial charge is 0.326 e. The number of ether oxygens (including phenoxy) is 2. The Bertz CT molecular complexity index is 393. The van der Waals surface area contributed by atoms with Crippen LogP contribution in [0.15, 0.2) is 24.3 Å². The molecule has 0 spiro atoms. The van der Waals surface area contributed by atoms with E-state index in [1.807, 2.05) is 25.1 Å². The maximum absolute atomic E-state index is 11.6. The Hall–Kier alpha value is -1.55. The number of esters is 1. The van der Waals surface area contributed by atoms with Crippen molar-refractivity contribution >= 4 is 5.97 Å². The van der Waals surface area contributed by atoms with Crippen LogP contribution in [0.5, 0.6) is 5.75 Å². The zero-order valence-electron chi connectivity index (χ0n) is 11.9. The summed E-state index contributed by atoms with van der Waals surface area (Å²) in [5, 5.41) is 3.12. The highest BCUT2D eigenvalue weighted by molar-refractivity contribution is 5.75. The summed E-state index contributed by atoms with van der Waals surface area (Å²) >= 11 is 0. The van der Waals surface area contributed by atoms with E-state index < -0.39 is 6.04 Å². The summed E-state index contributed by atoms with van der Waals surface area (Å²) in [5.41, 5.74) is 1.22. The fourth-order valence-corrected chi connectivity index (χ4v) is 1.71. The Labute approximate surface area is 115 Å². The van der Waals surface area contributed by atoms with Crippen LogP contribution in [0.4, 0.5) is 0 Å². The van der Waals surface area contributed by atoms with Gasteiger partial charge in [0.05, 0.1) is 7.11 Å². The van der Waals surface area contributed by atoms with Crippen molar-refractivity contribution in [3.63, 3.8) is 0 Å². The number of nitrogens with one attached hydrogen (secondary N) is 1. The number of carbonyl (C=O) groups is 1. The van der Waals surface area contributed by atoms with Crippen LogP contribution in [-0.4, -0.2) is 32.3 Å². The van der Waals surface area contributed by atoms with Gasteiger partial charge >= 0.3 is 5.97 Å². The van der Waals surface area contributed by atoms with Gasteiger partial charge in [0, 0.05) is 0 Å². The first-order valence-electron chi connectivity index (χ1n) is 6.74. The summed E-state index contributed by atoms with van der Waals surface area (Å²) in [4.78, 5) is 11.6. The number of benzene rings is 1. The lowest BCUT2D eigenvalue weighted by Crippen LogP contribution is -2.42. The zero-order chi connectivity index (χ0) is 14.1. The van der Waals surface area contributed by atoms with E-state index in [9.17, 15) is 4.79 Å². The Kier molecular flexibility index (Phi) is 6.97. The van der Waals surface area contributed by atoms with Crippen molar-refractivity contribution in [1.82, 2.24) is 5.32 Å². The third-order valence-corrected chi connectivity index (χ3v) is 2.85. The van der Waals surface area contributed by atoms with Gasteiger partial charge in [-0.15, -0.1) is 0 Å². The van der Waals surface area contributed by atoms with Gasteiger partial charge in [-0.3, -0.25) is 4.79 Å². The number of rotatable bonds is 8. The average molecular weight is 265 g/mol. The molecule has 106 valence electrons. The van der Waals surface area contributed by atoms with E-state index in [2.05, 4.69) is 18.3 Å². The number of carbonyl (C=O) groups excluding carboxylic acids is 1. The van der Waals surface area contributed by atoms with Gasteiger partial charge in [0.1, 0.15) is 18.4 Å². The summed E-state index contributed by atoms with van der Waals surface area (Å²) in [5.74, 6) is 0.492. The Morgan fingerprint density at radius 2 is 2.16 bits per heavy atom. The minimum absolute atomic E-state index is 0.278. The molecule has 1 aromatic carbocycles. The number of hydrogen-bond acceptors (Lipinski definition) is 4. The van der Waals surface area contributed by atoms with Crippen molar-refractivity contribution in [2.75, 3.05) is 20.3 Å². The molecule has 19 heavy (non-hydrogen) atoms. The molecular weight excluding hydrogens is 242 g/mol. The van der Waals surface area contributed by atoms with Gasteiger partial charge in [-0.2, -0.15) is 0 Å². The average Bonchev–Trinajstić information content (AvgIpc) is 2.46. The molecule has 4 heteroatoms. The SMILES string of the molecule is CCCNC(COc1cccc(CC)c1)C(=O)OC. The summed E-state index contributed by atoms with van der Waals surface area (Å²) < 4.78 is 10.4. The lowest BCUT2D eigenvalue weighted by Gasteiger charge is -2.17. The Morgan fingerprint density at radius 1 is 1.37 bits per heavy atom. The van der Waals surface area contributed by atoms with Crippen LogP contribution >= 0.6 is 0 Å². The minimum Gasteiger partial charge on any atom is -0.491 e. The summed E-state index contributed by atoms with van der Waals surface area (Å²) in [6, 6.07) is 7.48. The fourth-order valence-electron chi connectivity index (χ4n) is 1.71. The zero-order valence-corrected chi connectivity index (χ0v) is 11.9. The lowest BCUT2D eigenvalue weighted by atomic mass is 10.2. The number of methoxy groups -OCH3 is 1. The van der Waals surface area contributed by atoms with Crippen molar-refractivity contribution in [1.29, 1.82) is 0 Å². The third-order valence-electron chi connectivity index (χ3n) is 2.85. The van der Waals surface area contributed by atoms with E-state index in [4.69, 9.17) is 9.47 Å². The first-order chi connectivity index (χ1) is 9.21. The largest absolute Gasteiger partial charge is 0.491 e. The van der Waals surface area contributed by atoms with Crippen molar-refractivity contribution in [3.05, 3.63) is 29.8 Å². The van der Waals surface area contributed by atoms with Crippen LogP contribution in [0.25, 0.3) is 0 Å². The molecule has 0 radical (unpaired) electrons. The van der Waals surface area contributed by atoms with Crippen LogP contribution in [0, 0.1) is 0 Å². The summed E-state index contributed by atoms with van der Waals surface area (Å²) in [6.45, 7) is 5.18. The molecule has 0 aliphatic carbocycles. The Balaban J connectivity index is 2.56. The first kappa shape index (κ1) is 15.5. The summed E-state index contributed by atoms with van der Waals surface area (Å²) in [7, 11) is 1.39. The van der Waals surface area contributed by atoms with Gasteiger partial charge < -0.3 is 14.8 Å². The molecule has 0 saturated heterocycles. The normalized spacial score (nSPS) is 11.9. The molecule has 1 N–H and O–H groups in total. The molecule has 0 heterocycles. The molecule has 1 aromatic rings. The van der Waals surface area contributed by atoms with E-state index >= 15 is 0 Å². The predicted octanol–water partition coefficient (Wildman–Crippen LogP) is 2.17. The molecule has 1 atom stereocenters. The fraction of sp³-hybridized carbons (Fsp3) is 0.533. The maximum atomic E-state index is 11.6. The molecule has 4 nitrogen and oxygen atoms in total. The van der Waals surface area contributed by atoms with Gasteiger partial charge in [-0.1, -0.05) is 26.0 Å². The van der Waals surface area contributed by atoms with Crippen molar-refractivity contribution in [2.45, 2.75) is 32.7 Å². The van der Waals surface area contributed by atoms with Crippen LogP contribution in [0.3, 0.4) is 0 Å². The lowest BCUT2D eigenvalue weighted by molar-refractivity contribution is -0.143. The van der Waals surface area contributed by atoms with Crippen molar-refractivity contribution in [2.24, 2.45) is 0 Å². The van der Waals surface area contributed by atoms with E-state index in [1.54, 1.807) is 0 Å². The number of aryl methyl sites for hydroxylation is 1. The predicted molar refractivity (Wildman–Crippen MR) is 75.4 cm³/mol. The molecular formula is C15H23NO3. The topological polar surface area (TPSA) is 47.6 Å². The second kappa shape index (κ2) is 8.53. The van der Waals surface area contributed by atoms with Gasteiger partial charge in [0.25, 0.3) is 0 Å². The monoisotopic (exact) mass is 265 g/mol. The van der Waals surface area contributed by atoms with Crippen LogP contribution in [-0.2, 0) is 16.0 Å². The van der Waals surface area contributed by atoms with Crippen LogP contribution in [0.2, 0.25) is 0 Å². The van der Waals surface area contributed by atoms with Crippen LogP contribution in [0.1, 0.15) is 25.8 Å². The molecule has 1 unspecified atom stereocenters. The molecule has 0 saturated carbocycles. The standard InChI is InChI=1S/C15H23NO3/c1-4-9-16-14(15(17)18-3)11-19-13-8-6-7-12(5-2)10-13/h6-8,10,14,16H,4-5,9,11H2,1-3H3. The van der Waals surface area contributed by atoms with E-state index in [0.717, 1.165) is 25.1 Å². The summed E-state index contributed by atoms with van der Waals surface area (Å²) in [6.07, 6.45) is 1.92. The highest BCUT2D eigenvalue weighted by Crippen LogP contribution is 2.14. The molecule has 0 fully saturated rings. The first-order valence-corrected chi connectivity index (χ1v) is 6.74.